The SMILES string of the molecule is COc1cc(N)ccc1NCCc1ccccn1.Cl.Cl. The number of halogens is 2. The number of anilines is 2. The number of ether oxygens (including phenoxy) is 1. The van der Waals surface area contributed by atoms with Crippen molar-refractivity contribution >= 4 is 36.2 Å². The smallest absolute Gasteiger partial charge is 0.143 e. The Kier molecular flexibility index (Phi) is 8.52. The Morgan fingerprint density at radius 2 is 2.00 bits per heavy atom. The lowest BCUT2D eigenvalue weighted by Gasteiger charge is -2.11. The van der Waals surface area contributed by atoms with E-state index in [0.717, 1.165) is 30.1 Å². The second-order valence-corrected chi connectivity index (χ2v) is 3.96. The third kappa shape index (κ3) is 5.15. The second kappa shape index (κ2) is 9.28. The first-order valence-electron chi connectivity index (χ1n) is 5.87. The molecule has 1 heterocycles. The minimum atomic E-state index is 0. The maximum atomic E-state index is 5.71. The molecule has 6 heteroatoms. The van der Waals surface area contributed by atoms with Gasteiger partial charge in [0.1, 0.15) is 5.75 Å². The molecule has 0 radical (unpaired) electrons. The fourth-order valence-electron chi connectivity index (χ4n) is 1.73. The summed E-state index contributed by atoms with van der Waals surface area (Å²) in [5, 5.41) is 3.32. The number of hydrogen-bond acceptors (Lipinski definition) is 4. The maximum Gasteiger partial charge on any atom is 0.143 e. The Morgan fingerprint density at radius 1 is 1.20 bits per heavy atom. The van der Waals surface area contributed by atoms with Gasteiger partial charge in [0.15, 0.2) is 0 Å². The van der Waals surface area contributed by atoms with Crippen molar-refractivity contribution in [3.8, 4) is 5.75 Å². The van der Waals surface area contributed by atoms with Gasteiger partial charge >= 0.3 is 0 Å². The van der Waals surface area contributed by atoms with E-state index in [0.29, 0.717) is 5.69 Å². The van der Waals surface area contributed by atoms with Crippen molar-refractivity contribution in [2.75, 3.05) is 24.7 Å². The van der Waals surface area contributed by atoms with Crippen LogP contribution >= 0.6 is 24.8 Å². The highest BCUT2D eigenvalue weighted by molar-refractivity contribution is 5.85. The first kappa shape index (κ1) is 18.4. The molecule has 0 fully saturated rings. The average Bonchev–Trinajstić information content (AvgIpc) is 2.41. The molecule has 2 rings (SSSR count). The molecule has 0 atom stereocenters. The molecule has 110 valence electrons. The number of rotatable bonds is 5. The molecule has 1 aromatic carbocycles. The summed E-state index contributed by atoms with van der Waals surface area (Å²) >= 11 is 0. The molecule has 0 aliphatic rings. The number of benzene rings is 1. The third-order valence-electron chi connectivity index (χ3n) is 2.65. The Balaban J connectivity index is 0.00000180. The molecule has 4 nitrogen and oxygen atoms in total. The zero-order chi connectivity index (χ0) is 12.8. The van der Waals surface area contributed by atoms with E-state index in [-0.39, 0.29) is 24.8 Å². The Morgan fingerprint density at radius 3 is 2.65 bits per heavy atom. The number of nitrogens with one attached hydrogen (secondary N) is 1. The number of nitrogen functional groups attached to an aromatic ring is 1. The predicted octanol–water partition coefficient (Wildman–Crippen LogP) is 3.17. The molecule has 0 saturated carbocycles. The van der Waals surface area contributed by atoms with Gasteiger partial charge in [-0.15, -0.1) is 24.8 Å². The standard InChI is InChI=1S/C14H17N3O.2ClH/c1-18-14-10-11(15)5-6-13(14)17-9-7-12-4-2-3-8-16-12;;/h2-6,8,10,17H,7,9,15H2,1H3;2*1H. The van der Waals surface area contributed by atoms with E-state index in [9.17, 15) is 0 Å². The summed E-state index contributed by atoms with van der Waals surface area (Å²) in [4.78, 5) is 4.28. The van der Waals surface area contributed by atoms with Crippen LogP contribution in [0.25, 0.3) is 0 Å². The van der Waals surface area contributed by atoms with Crippen molar-refractivity contribution in [1.82, 2.24) is 4.98 Å². The van der Waals surface area contributed by atoms with Gasteiger partial charge in [0, 0.05) is 36.6 Å². The van der Waals surface area contributed by atoms with Crippen LogP contribution in [0.4, 0.5) is 11.4 Å². The van der Waals surface area contributed by atoms with Crippen LogP contribution in [0.2, 0.25) is 0 Å². The summed E-state index contributed by atoms with van der Waals surface area (Å²) in [6, 6.07) is 11.5. The van der Waals surface area contributed by atoms with Gasteiger partial charge in [-0.05, 0) is 24.3 Å². The molecule has 0 bridgehead atoms. The van der Waals surface area contributed by atoms with Crippen LogP contribution in [0.3, 0.4) is 0 Å². The van der Waals surface area contributed by atoms with E-state index in [1.54, 1.807) is 13.3 Å². The summed E-state index contributed by atoms with van der Waals surface area (Å²) in [6.07, 6.45) is 2.67. The van der Waals surface area contributed by atoms with Gasteiger partial charge in [0.25, 0.3) is 0 Å². The van der Waals surface area contributed by atoms with E-state index in [1.165, 1.54) is 0 Å². The van der Waals surface area contributed by atoms with Crippen LogP contribution in [0, 0.1) is 0 Å². The largest absolute Gasteiger partial charge is 0.495 e. The molecule has 0 amide bonds. The van der Waals surface area contributed by atoms with Crippen LogP contribution in [0.5, 0.6) is 5.75 Å². The molecular formula is C14H19Cl2N3O. The number of nitrogens with zero attached hydrogens (tertiary/aromatic N) is 1. The molecule has 2 aromatic rings. The van der Waals surface area contributed by atoms with Gasteiger partial charge in [-0.2, -0.15) is 0 Å². The van der Waals surface area contributed by atoms with Crippen LogP contribution in [0.15, 0.2) is 42.6 Å². The van der Waals surface area contributed by atoms with Crippen molar-refractivity contribution in [3.05, 3.63) is 48.3 Å². The normalized spacial score (nSPS) is 9.05. The number of aromatic nitrogens is 1. The maximum absolute atomic E-state index is 5.71. The lowest BCUT2D eigenvalue weighted by molar-refractivity contribution is 0.416. The molecule has 20 heavy (non-hydrogen) atoms. The lowest BCUT2D eigenvalue weighted by atomic mass is 10.2. The van der Waals surface area contributed by atoms with Crippen LogP contribution < -0.4 is 15.8 Å². The monoisotopic (exact) mass is 315 g/mol. The summed E-state index contributed by atoms with van der Waals surface area (Å²) in [6.45, 7) is 0.803. The van der Waals surface area contributed by atoms with Gasteiger partial charge in [0.2, 0.25) is 0 Å². The predicted molar refractivity (Wildman–Crippen MR) is 88.3 cm³/mol. The number of methoxy groups -OCH3 is 1. The number of hydrogen-bond donors (Lipinski definition) is 2. The van der Waals surface area contributed by atoms with E-state index in [2.05, 4.69) is 10.3 Å². The van der Waals surface area contributed by atoms with Gasteiger partial charge < -0.3 is 15.8 Å². The molecule has 0 saturated heterocycles. The minimum Gasteiger partial charge on any atom is -0.495 e. The Hall–Kier alpha value is -1.65. The van der Waals surface area contributed by atoms with Crippen molar-refractivity contribution in [2.24, 2.45) is 0 Å². The van der Waals surface area contributed by atoms with E-state index < -0.39 is 0 Å². The second-order valence-electron chi connectivity index (χ2n) is 3.96. The third-order valence-corrected chi connectivity index (χ3v) is 2.65. The quantitative estimate of drug-likeness (QED) is 0.832. The number of nitrogens with two attached hydrogens (primary N) is 1. The van der Waals surface area contributed by atoms with Gasteiger partial charge in [-0.1, -0.05) is 6.07 Å². The molecule has 0 aliphatic heterocycles. The van der Waals surface area contributed by atoms with Crippen molar-refractivity contribution < 1.29 is 4.74 Å². The van der Waals surface area contributed by atoms with Crippen LogP contribution in [0.1, 0.15) is 5.69 Å². The zero-order valence-corrected chi connectivity index (χ0v) is 12.8. The minimum absolute atomic E-state index is 0. The summed E-state index contributed by atoms with van der Waals surface area (Å²) in [7, 11) is 1.64. The first-order valence-corrected chi connectivity index (χ1v) is 5.87. The zero-order valence-electron chi connectivity index (χ0n) is 11.2. The molecule has 1 aromatic heterocycles. The Bertz CT molecular complexity index is 509. The molecule has 0 aliphatic carbocycles. The lowest BCUT2D eigenvalue weighted by Crippen LogP contribution is -2.07. The van der Waals surface area contributed by atoms with E-state index >= 15 is 0 Å². The van der Waals surface area contributed by atoms with E-state index in [1.807, 2.05) is 36.4 Å². The van der Waals surface area contributed by atoms with E-state index in [4.69, 9.17) is 10.5 Å². The van der Waals surface area contributed by atoms with Crippen molar-refractivity contribution in [2.45, 2.75) is 6.42 Å². The molecule has 0 spiro atoms. The van der Waals surface area contributed by atoms with Crippen LogP contribution in [-0.4, -0.2) is 18.6 Å². The summed E-state index contributed by atoms with van der Waals surface area (Å²) in [5.74, 6) is 0.760. The van der Waals surface area contributed by atoms with Crippen molar-refractivity contribution in [1.29, 1.82) is 0 Å². The summed E-state index contributed by atoms with van der Waals surface area (Å²) < 4.78 is 5.27. The highest BCUT2D eigenvalue weighted by atomic mass is 35.5. The highest BCUT2D eigenvalue weighted by Gasteiger charge is 2.02. The number of pyridine rings is 1. The molecule has 3 N–H and O–H groups in total. The van der Waals surface area contributed by atoms with Gasteiger partial charge in [0.05, 0.1) is 12.8 Å². The van der Waals surface area contributed by atoms with Crippen LogP contribution in [-0.2, 0) is 6.42 Å². The summed E-state index contributed by atoms with van der Waals surface area (Å²) in [5.41, 5.74) is 8.42. The fraction of sp³-hybridized carbons (Fsp3) is 0.214. The molecule has 0 unspecified atom stereocenters. The molecular weight excluding hydrogens is 297 g/mol. The average molecular weight is 316 g/mol. The van der Waals surface area contributed by atoms with Crippen molar-refractivity contribution in [3.63, 3.8) is 0 Å². The Labute approximate surface area is 131 Å². The topological polar surface area (TPSA) is 60.2 Å². The van der Waals surface area contributed by atoms with Gasteiger partial charge in [-0.3, -0.25) is 4.98 Å². The van der Waals surface area contributed by atoms with Gasteiger partial charge in [-0.25, -0.2) is 0 Å². The highest BCUT2D eigenvalue weighted by Crippen LogP contribution is 2.26. The first-order chi connectivity index (χ1) is 8.79. The fourth-order valence-corrected chi connectivity index (χ4v) is 1.73.